The Kier molecular flexibility index (Phi) is 5.46. The van der Waals surface area contributed by atoms with E-state index in [4.69, 9.17) is 10.2 Å². The molecule has 0 atom stereocenters. The summed E-state index contributed by atoms with van der Waals surface area (Å²) in [5.41, 5.74) is 1.99. The molecule has 3 rings (SSSR count). The fourth-order valence-electron chi connectivity index (χ4n) is 4.19. The average molecular weight is 346 g/mol. The van der Waals surface area contributed by atoms with Crippen LogP contribution < -0.4 is 4.90 Å². The van der Waals surface area contributed by atoms with Gasteiger partial charge >= 0.3 is 12.1 Å². The van der Waals surface area contributed by atoms with Gasteiger partial charge in [-0.05, 0) is 55.2 Å². The van der Waals surface area contributed by atoms with Gasteiger partial charge < -0.3 is 20.0 Å². The van der Waals surface area contributed by atoms with E-state index in [1.165, 1.54) is 4.90 Å². The first-order valence-corrected chi connectivity index (χ1v) is 9.06. The third-order valence-corrected chi connectivity index (χ3v) is 5.67. The second-order valence-corrected chi connectivity index (χ2v) is 7.17. The number of piperidine rings is 2. The van der Waals surface area contributed by atoms with Crippen molar-refractivity contribution in [3.8, 4) is 0 Å². The smallest absolute Gasteiger partial charge is 0.407 e. The fraction of sp³-hybridized carbons (Fsp3) is 0.579. The monoisotopic (exact) mass is 346 g/mol. The maximum Gasteiger partial charge on any atom is 0.407 e. The molecule has 2 saturated heterocycles. The highest BCUT2D eigenvalue weighted by molar-refractivity contribution is 5.70. The van der Waals surface area contributed by atoms with Crippen LogP contribution in [0.4, 0.5) is 10.5 Å². The summed E-state index contributed by atoms with van der Waals surface area (Å²) in [7, 11) is 0. The fourth-order valence-corrected chi connectivity index (χ4v) is 4.19. The number of nitrogens with zero attached hydrogens (tertiary/aromatic N) is 2. The van der Waals surface area contributed by atoms with E-state index >= 15 is 0 Å². The lowest BCUT2D eigenvalue weighted by atomic mass is 9.79. The molecule has 0 bridgehead atoms. The summed E-state index contributed by atoms with van der Waals surface area (Å²) in [6.07, 6.45) is 3.54. The van der Waals surface area contributed by atoms with Crippen LogP contribution in [-0.4, -0.2) is 53.4 Å². The van der Waals surface area contributed by atoms with Crippen molar-refractivity contribution in [3.05, 3.63) is 29.8 Å². The van der Waals surface area contributed by atoms with Crippen LogP contribution in [0.1, 0.15) is 31.2 Å². The molecule has 136 valence electrons. The third kappa shape index (κ3) is 4.44. The number of carboxylic acids is 1. The summed E-state index contributed by atoms with van der Waals surface area (Å²) in [4.78, 5) is 25.7. The van der Waals surface area contributed by atoms with Gasteiger partial charge in [-0.3, -0.25) is 4.79 Å². The predicted molar refractivity (Wildman–Crippen MR) is 95.0 cm³/mol. The van der Waals surface area contributed by atoms with Gasteiger partial charge in [0.1, 0.15) is 0 Å². The number of aliphatic carboxylic acids is 1. The molecule has 0 radical (unpaired) electrons. The molecular formula is C19H26N2O4. The summed E-state index contributed by atoms with van der Waals surface area (Å²) in [5, 5.41) is 17.9. The van der Waals surface area contributed by atoms with E-state index in [9.17, 15) is 9.59 Å². The maximum absolute atomic E-state index is 11.0. The van der Waals surface area contributed by atoms with Crippen molar-refractivity contribution >= 4 is 17.7 Å². The van der Waals surface area contributed by atoms with Crippen molar-refractivity contribution in [2.24, 2.45) is 11.8 Å². The van der Waals surface area contributed by atoms with Crippen molar-refractivity contribution in [1.29, 1.82) is 0 Å². The minimum absolute atomic E-state index is 0.0669. The summed E-state index contributed by atoms with van der Waals surface area (Å²) in [5.74, 6) is 0.539. The number of hydrogen-bond donors (Lipinski definition) is 2. The molecule has 0 saturated carbocycles. The van der Waals surface area contributed by atoms with Crippen LogP contribution in [0.2, 0.25) is 0 Å². The SMILES string of the molecule is O=C(O)Cc1ccc(N2CCC(C3CCN(C(=O)O)CC3)CC2)cc1. The quantitative estimate of drug-likeness (QED) is 0.876. The molecule has 2 aliphatic heterocycles. The zero-order chi connectivity index (χ0) is 17.8. The normalized spacial score (nSPS) is 19.8. The first kappa shape index (κ1) is 17.6. The highest BCUT2D eigenvalue weighted by atomic mass is 16.4. The van der Waals surface area contributed by atoms with Gasteiger partial charge in [-0.2, -0.15) is 0 Å². The number of likely N-dealkylation sites (tertiary alicyclic amines) is 1. The molecule has 6 heteroatoms. The Morgan fingerprint density at radius 3 is 1.88 bits per heavy atom. The number of benzene rings is 1. The van der Waals surface area contributed by atoms with Crippen LogP contribution in [0.15, 0.2) is 24.3 Å². The Bertz CT molecular complexity index is 600. The van der Waals surface area contributed by atoms with E-state index in [0.717, 1.165) is 50.0 Å². The Morgan fingerprint density at radius 1 is 0.880 bits per heavy atom. The first-order valence-electron chi connectivity index (χ1n) is 9.06. The van der Waals surface area contributed by atoms with E-state index < -0.39 is 12.1 Å². The molecule has 1 aromatic rings. The zero-order valence-electron chi connectivity index (χ0n) is 14.4. The summed E-state index contributed by atoms with van der Waals surface area (Å²) < 4.78 is 0. The highest BCUT2D eigenvalue weighted by Gasteiger charge is 2.30. The largest absolute Gasteiger partial charge is 0.481 e. The van der Waals surface area contributed by atoms with Crippen LogP contribution in [-0.2, 0) is 11.2 Å². The van der Waals surface area contributed by atoms with Gasteiger partial charge in [0.25, 0.3) is 0 Å². The minimum Gasteiger partial charge on any atom is -0.481 e. The number of carbonyl (C=O) groups is 2. The summed E-state index contributed by atoms with van der Waals surface area (Å²) >= 11 is 0. The van der Waals surface area contributed by atoms with Crippen LogP contribution in [0, 0.1) is 11.8 Å². The van der Waals surface area contributed by atoms with Gasteiger partial charge in [-0.15, -0.1) is 0 Å². The number of amides is 1. The van der Waals surface area contributed by atoms with E-state index in [2.05, 4.69) is 4.90 Å². The van der Waals surface area contributed by atoms with Crippen LogP contribution >= 0.6 is 0 Å². The van der Waals surface area contributed by atoms with Gasteiger partial charge in [0.05, 0.1) is 6.42 Å². The number of anilines is 1. The van der Waals surface area contributed by atoms with Gasteiger partial charge in [-0.1, -0.05) is 12.1 Å². The molecule has 2 N–H and O–H groups in total. The van der Waals surface area contributed by atoms with Crippen molar-refractivity contribution in [1.82, 2.24) is 4.90 Å². The Morgan fingerprint density at radius 2 is 1.40 bits per heavy atom. The second-order valence-electron chi connectivity index (χ2n) is 7.17. The third-order valence-electron chi connectivity index (χ3n) is 5.67. The highest BCUT2D eigenvalue weighted by Crippen LogP contribution is 2.33. The first-order chi connectivity index (χ1) is 12.0. The molecule has 0 aromatic heterocycles. The van der Waals surface area contributed by atoms with E-state index in [-0.39, 0.29) is 6.42 Å². The molecule has 1 aromatic carbocycles. The topological polar surface area (TPSA) is 81.1 Å². The number of rotatable bonds is 4. The van der Waals surface area contributed by atoms with Crippen molar-refractivity contribution < 1.29 is 19.8 Å². The molecule has 2 heterocycles. The zero-order valence-corrected chi connectivity index (χ0v) is 14.4. The lowest BCUT2D eigenvalue weighted by Crippen LogP contribution is -2.42. The van der Waals surface area contributed by atoms with Crippen LogP contribution in [0.3, 0.4) is 0 Å². The van der Waals surface area contributed by atoms with Crippen LogP contribution in [0.25, 0.3) is 0 Å². The van der Waals surface area contributed by atoms with E-state index in [1.807, 2.05) is 24.3 Å². The molecular weight excluding hydrogens is 320 g/mol. The van der Waals surface area contributed by atoms with Gasteiger partial charge in [0, 0.05) is 31.9 Å². The van der Waals surface area contributed by atoms with Gasteiger partial charge in [0.15, 0.2) is 0 Å². The Labute approximate surface area is 148 Å². The lowest BCUT2D eigenvalue weighted by molar-refractivity contribution is -0.136. The van der Waals surface area contributed by atoms with Gasteiger partial charge in [0.2, 0.25) is 0 Å². The molecule has 2 aliphatic rings. The number of hydrogen-bond acceptors (Lipinski definition) is 3. The number of carboxylic acid groups (broad SMARTS) is 2. The summed E-state index contributed by atoms with van der Waals surface area (Å²) in [6, 6.07) is 7.84. The summed E-state index contributed by atoms with van der Waals surface area (Å²) in [6.45, 7) is 3.38. The molecule has 0 aliphatic carbocycles. The minimum atomic E-state index is -0.803. The lowest BCUT2D eigenvalue weighted by Gasteiger charge is -2.40. The van der Waals surface area contributed by atoms with Gasteiger partial charge in [-0.25, -0.2) is 4.79 Å². The van der Waals surface area contributed by atoms with Crippen molar-refractivity contribution in [2.75, 3.05) is 31.1 Å². The van der Waals surface area contributed by atoms with Crippen molar-refractivity contribution in [2.45, 2.75) is 32.1 Å². The predicted octanol–water partition coefficient (Wildman–Crippen LogP) is 2.92. The Hall–Kier alpha value is -2.24. The molecule has 0 spiro atoms. The molecule has 25 heavy (non-hydrogen) atoms. The van der Waals surface area contributed by atoms with Crippen molar-refractivity contribution in [3.63, 3.8) is 0 Å². The average Bonchev–Trinajstić information content (AvgIpc) is 2.62. The Balaban J connectivity index is 1.49. The van der Waals surface area contributed by atoms with E-state index in [1.54, 1.807) is 0 Å². The molecule has 6 nitrogen and oxygen atoms in total. The molecule has 2 fully saturated rings. The molecule has 0 unspecified atom stereocenters. The maximum atomic E-state index is 11.0. The van der Waals surface area contributed by atoms with Crippen LogP contribution in [0.5, 0.6) is 0 Å². The second kappa shape index (κ2) is 7.76. The van der Waals surface area contributed by atoms with E-state index in [0.29, 0.717) is 24.9 Å². The molecule has 1 amide bonds. The standard InChI is InChI=1S/C19H26N2O4/c22-18(23)13-14-1-3-17(4-2-14)20-9-5-15(6-10-20)16-7-11-21(12-8-16)19(24)25/h1-4,15-16H,5-13H2,(H,22,23)(H,24,25).